The van der Waals surface area contributed by atoms with Crippen molar-refractivity contribution in [1.82, 2.24) is 10.0 Å². The van der Waals surface area contributed by atoms with Gasteiger partial charge in [-0.25, -0.2) is 13.1 Å². The number of carbonyl (C=O) groups is 3. The minimum atomic E-state index is -4.44. The molecule has 2 amide bonds. The van der Waals surface area contributed by atoms with Crippen molar-refractivity contribution in [2.45, 2.75) is 17.7 Å². The molecule has 0 radical (unpaired) electrons. The second-order valence-corrected chi connectivity index (χ2v) is 8.73. The molecule has 15 heteroatoms. The summed E-state index contributed by atoms with van der Waals surface area (Å²) in [5.74, 6) is -2.65. The van der Waals surface area contributed by atoms with Crippen molar-refractivity contribution in [3.63, 3.8) is 0 Å². The zero-order valence-electron chi connectivity index (χ0n) is 18.1. The fraction of sp³-hybridized carbons (Fsp3) is 0.200. The summed E-state index contributed by atoms with van der Waals surface area (Å²) >= 11 is 0. The summed E-state index contributed by atoms with van der Waals surface area (Å²) in [6.07, 6.45) is -0.807. The molecule has 0 fully saturated rings. The Morgan fingerprint density at radius 1 is 1.03 bits per heavy atom. The van der Waals surface area contributed by atoms with Crippen molar-refractivity contribution < 1.29 is 32.8 Å². The Balaban J connectivity index is 2.05. The number of carboxylic acids is 1. The van der Waals surface area contributed by atoms with Gasteiger partial charge in [0, 0.05) is 30.6 Å². The van der Waals surface area contributed by atoms with E-state index in [0.29, 0.717) is 5.56 Å². The number of nitrogen functional groups attached to an aromatic ring is 1. The van der Waals surface area contributed by atoms with Crippen LogP contribution >= 0.6 is 0 Å². The van der Waals surface area contributed by atoms with Crippen LogP contribution in [0.2, 0.25) is 0 Å². The molecule has 0 saturated heterocycles. The van der Waals surface area contributed by atoms with Gasteiger partial charge in [0.25, 0.3) is 5.91 Å². The molecule has 0 aliphatic carbocycles. The zero-order valence-corrected chi connectivity index (χ0v) is 18.9. The number of benzene rings is 2. The van der Waals surface area contributed by atoms with Crippen molar-refractivity contribution in [3.05, 3.63) is 63.7 Å². The molecule has 0 bridgehead atoms. The van der Waals surface area contributed by atoms with Crippen LogP contribution in [0.4, 0.5) is 11.4 Å². The first-order valence-electron chi connectivity index (χ1n) is 9.93. The molecule has 0 aliphatic heterocycles. The molecule has 2 rings (SSSR count). The number of carbonyl (C=O) groups excluding carboxylic acids is 2. The van der Waals surface area contributed by atoms with Crippen molar-refractivity contribution in [2.75, 3.05) is 18.4 Å². The van der Waals surface area contributed by atoms with Gasteiger partial charge in [-0.2, -0.15) is 0 Å². The number of anilines is 1. The molecular weight excluding hydrogens is 484 g/mol. The van der Waals surface area contributed by atoms with Crippen molar-refractivity contribution >= 4 is 45.0 Å². The zero-order chi connectivity index (χ0) is 26.2. The number of aliphatic carboxylic acids is 1. The lowest BCUT2D eigenvalue weighted by Crippen LogP contribution is -2.28. The fourth-order valence-corrected chi connectivity index (χ4v) is 4.03. The molecular formula is C20H22N6O8S. The lowest BCUT2D eigenvalue weighted by molar-refractivity contribution is -0.386. The van der Waals surface area contributed by atoms with E-state index in [1.165, 1.54) is 30.3 Å². The largest absolute Gasteiger partial charge is 0.481 e. The van der Waals surface area contributed by atoms with E-state index >= 15 is 0 Å². The third kappa shape index (κ3) is 7.58. The minimum Gasteiger partial charge on any atom is -0.481 e. The van der Waals surface area contributed by atoms with Gasteiger partial charge in [0.1, 0.15) is 11.5 Å². The van der Waals surface area contributed by atoms with Crippen LogP contribution in [0.5, 0.6) is 0 Å². The second-order valence-electron chi connectivity index (χ2n) is 7.00. The highest BCUT2D eigenvalue weighted by atomic mass is 32.2. The van der Waals surface area contributed by atoms with Crippen LogP contribution in [-0.4, -0.2) is 55.2 Å². The molecule has 0 heterocycles. The van der Waals surface area contributed by atoms with Crippen molar-refractivity contribution in [2.24, 2.45) is 5.73 Å². The first kappa shape index (κ1) is 26.9. The van der Waals surface area contributed by atoms with E-state index in [-0.39, 0.29) is 30.1 Å². The standard InChI is InChI=1S/C20H22N6O8S/c21-19(22)12-4-6-13(7-5-12)20(30)23-10-8-16(27)25-14-2-1-3-15(18(14)26(31)32)35(33,34)24-11-9-17(28)29/h1-7,24H,8-11H2,(H3,21,22)(H,23,30)(H,25,27)(H,28,29). The van der Waals surface area contributed by atoms with Crippen LogP contribution in [0.1, 0.15) is 28.8 Å². The number of nitrogens with one attached hydrogen (secondary N) is 4. The van der Waals surface area contributed by atoms with Crippen LogP contribution in [0.15, 0.2) is 47.4 Å². The lowest BCUT2D eigenvalue weighted by atomic mass is 10.1. The van der Waals surface area contributed by atoms with E-state index in [4.69, 9.17) is 16.2 Å². The molecule has 0 aromatic heterocycles. The second kappa shape index (κ2) is 11.7. The molecule has 7 N–H and O–H groups in total. The van der Waals surface area contributed by atoms with Crippen molar-refractivity contribution in [1.29, 1.82) is 5.41 Å². The van der Waals surface area contributed by atoms with Gasteiger partial charge >= 0.3 is 11.7 Å². The van der Waals surface area contributed by atoms with Gasteiger partial charge in [-0.3, -0.25) is 29.9 Å². The van der Waals surface area contributed by atoms with E-state index in [1.807, 2.05) is 4.72 Å². The summed E-state index contributed by atoms with van der Waals surface area (Å²) < 4.78 is 26.8. The van der Waals surface area contributed by atoms with Crippen molar-refractivity contribution in [3.8, 4) is 0 Å². The predicted molar refractivity (Wildman–Crippen MR) is 124 cm³/mol. The number of nitrogens with two attached hydrogens (primary N) is 1. The van der Waals surface area contributed by atoms with Gasteiger partial charge in [0.15, 0.2) is 4.90 Å². The Bertz CT molecular complexity index is 1260. The van der Waals surface area contributed by atoms with E-state index in [1.54, 1.807) is 0 Å². The number of amidine groups is 1. The molecule has 0 atom stereocenters. The molecule has 35 heavy (non-hydrogen) atoms. The van der Waals surface area contributed by atoms with E-state index in [2.05, 4.69) is 10.6 Å². The van der Waals surface area contributed by atoms with Gasteiger partial charge in [-0.15, -0.1) is 0 Å². The van der Waals surface area contributed by atoms with E-state index in [0.717, 1.165) is 12.1 Å². The van der Waals surface area contributed by atoms with Crippen LogP contribution < -0.4 is 21.1 Å². The van der Waals surface area contributed by atoms with Gasteiger partial charge in [0.2, 0.25) is 15.9 Å². The highest BCUT2D eigenvalue weighted by molar-refractivity contribution is 7.89. The Morgan fingerprint density at radius 2 is 1.66 bits per heavy atom. The Morgan fingerprint density at radius 3 is 2.23 bits per heavy atom. The molecule has 0 unspecified atom stereocenters. The SMILES string of the molecule is N=C(N)c1ccc(C(=O)NCCC(=O)Nc2cccc(S(=O)(=O)NCCC(=O)O)c2[N+](=O)[O-])cc1. The first-order valence-corrected chi connectivity index (χ1v) is 11.4. The van der Waals surface area contributed by atoms with Crippen LogP contribution in [0, 0.1) is 15.5 Å². The van der Waals surface area contributed by atoms with Crippen LogP contribution in [-0.2, 0) is 19.6 Å². The predicted octanol–water partition coefficient (Wildman–Crippen LogP) is 0.390. The van der Waals surface area contributed by atoms with E-state index < -0.39 is 56.3 Å². The smallest absolute Gasteiger partial charge is 0.312 e. The number of rotatable bonds is 12. The summed E-state index contributed by atoms with van der Waals surface area (Å²) in [4.78, 5) is 44.9. The third-order valence-corrected chi connectivity index (χ3v) is 5.96. The summed E-state index contributed by atoms with van der Waals surface area (Å²) in [7, 11) is -4.44. The number of hydrogen-bond donors (Lipinski definition) is 6. The number of nitro groups is 1. The molecule has 0 aliphatic rings. The fourth-order valence-electron chi connectivity index (χ4n) is 2.80. The number of carboxylic acid groups (broad SMARTS) is 1. The molecule has 0 saturated carbocycles. The first-order chi connectivity index (χ1) is 16.4. The summed E-state index contributed by atoms with van der Waals surface area (Å²) in [6.45, 7) is -0.607. The summed E-state index contributed by atoms with van der Waals surface area (Å²) in [6, 6.07) is 9.15. The molecule has 186 valence electrons. The Kier molecular flexibility index (Phi) is 8.96. The molecule has 0 spiro atoms. The third-order valence-electron chi connectivity index (χ3n) is 4.47. The maximum atomic E-state index is 12.4. The lowest BCUT2D eigenvalue weighted by Gasteiger charge is -2.11. The monoisotopic (exact) mass is 506 g/mol. The van der Waals surface area contributed by atoms with Gasteiger partial charge in [-0.1, -0.05) is 18.2 Å². The van der Waals surface area contributed by atoms with Gasteiger partial charge in [0.05, 0.1) is 11.3 Å². The number of para-hydroxylation sites is 1. The highest BCUT2D eigenvalue weighted by Crippen LogP contribution is 2.32. The normalized spacial score (nSPS) is 10.9. The molecule has 14 nitrogen and oxygen atoms in total. The topological polar surface area (TPSA) is 235 Å². The molecule has 2 aromatic rings. The quantitative estimate of drug-likeness (QED) is 0.101. The average Bonchev–Trinajstić information content (AvgIpc) is 2.78. The van der Waals surface area contributed by atoms with Crippen LogP contribution in [0.25, 0.3) is 0 Å². The molecule has 2 aromatic carbocycles. The van der Waals surface area contributed by atoms with E-state index in [9.17, 15) is 32.9 Å². The summed E-state index contributed by atoms with van der Waals surface area (Å²) in [5, 5.41) is 32.3. The maximum Gasteiger partial charge on any atom is 0.312 e. The minimum absolute atomic E-state index is 0.123. The number of nitro benzene ring substituents is 1. The average molecular weight is 506 g/mol. The van der Waals surface area contributed by atoms with Crippen LogP contribution in [0.3, 0.4) is 0 Å². The Labute approximate surface area is 199 Å². The number of amides is 2. The summed E-state index contributed by atoms with van der Waals surface area (Å²) in [5.41, 5.74) is 4.77. The van der Waals surface area contributed by atoms with Gasteiger partial charge < -0.3 is 21.5 Å². The Hall–Kier alpha value is -4.37. The maximum absolute atomic E-state index is 12.4. The number of sulfonamides is 1. The number of nitrogens with zero attached hydrogens (tertiary/aromatic N) is 1. The highest BCUT2D eigenvalue weighted by Gasteiger charge is 2.29. The number of hydrogen-bond acceptors (Lipinski definition) is 8. The van der Waals surface area contributed by atoms with Gasteiger partial charge in [-0.05, 0) is 24.3 Å².